The summed E-state index contributed by atoms with van der Waals surface area (Å²) in [5, 5.41) is 12.1. The first-order valence-electron chi connectivity index (χ1n) is 5.93. The van der Waals surface area contributed by atoms with Crippen LogP contribution in [-0.2, 0) is 6.42 Å². The first-order valence-corrected chi connectivity index (χ1v) is 5.93. The Morgan fingerprint density at radius 2 is 2.05 bits per heavy atom. The molecule has 2 rings (SSSR count). The molecule has 2 aromatic rings. The van der Waals surface area contributed by atoms with Gasteiger partial charge in [0.15, 0.2) is 0 Å². The second-order valence-electron chi connectivity index (χ2n) is 4.13. The van der Waals surface area contributed by atoms with Gasteiger partial charge in [-0.05, 0) is 18.1 Å². The highest BCUT2D eigenvalue weighted by Crippen LogP contribution is 2.15. The summed E-state index contributed by atoms with van der Waals surface area (Å²) in [6.07, 6.45) is 2.24. The summed E-state index contributed by atoms with van der Waals surface area (Å²) >= 11 is 0. The molecule has 0 radical (unpaired) electrons. The summed E-state index contributed by atoms with van der Waals surface area (Å²) in [4.78, 5) is 15.1. The maximum Gasteiger partial charge on any atom is 0.339 e. The molecule has 0 aliphatic carbocycles. The van der Waals surface area contributed by atoms with Gasteiger partial charge >= 0.3 is 5.97 Å². The molecule has 1 aromatic heterocycles. The molecule has 4 N–H and O–H groups in total. The fourth-order valence-corrected chi connectivity index (χ4v) is 1.75. The number of nitrogen functional groups attached to an aromatic ring is 1. The zero-order valence-corrected chi connectivity index (χ0v) is 10.3. The lowest BCUT2D eigenvalue weighted by atomic mass is 10.1. The van der Waals surface area contributed by atoms with E-state index in [0.29, 0.717) is 18.1 Å². The Kier molecular flexibility index (Phi) is 3.97. The third-order valence-corrected chi connectivity index (χ3v) is 2.69. The van der Waals surface area contributed by atoms with Crippen LogP contribution in [0.4, 0.5) is 11.5 Å². The molecule has 1 aromatic carbocycles. The minimum atomic E-state index is -1.04. The Bertz CT molecular complexity index is 570. The normalized spacial score (nSPS) is 10.1. The lowest BCUT2D eigenvalue weighted by Crippen LogP contribution is -2.11. The van der Waals surface area contributed by atoms with Crippen LogP contribution in [-0.4, -0.2) is 22.6 Å². The van der Waals surface area contributed by atoms with Crippen molar-refractivity contribution in [1.82, 2.24) is 4.98 Å². The third kappa shape index (κ3) is 3.45. The van der Waals surface area contributed by atoms with Gasteiger partial charge in [0.2, 0.25) is 0 Å². The smallest absolute Gasteiger partial charge is 0.339 e. The van der Waals surface area contributed by atoms with Crippen LogP contribution in [0.1, 0.15) is 15.9 Å². The summed E-state index contributed by atoms with van der Waals surface area (Å²) in [6.45, 7) is 0.612. The van der Waals surface area contributed by atoms with Crippen molar-refractivity contribution in [3.8, 4) is 0 Å². The van der Waals surface area contributed by atoms with Crippen molar-refractivity contribution in [2.75, 3.05) is 17.6 Å². The number of carboxylic acid groups (broad SMARTS) is 1. The monoisotopic (exact) mass is 257 g/mol. The van der Waals surface area contributed by atoms with Crippen molar-refractivity contribution in [3.05, 3.63) is 53.7 Å². The van der Waals surface area contributed by atoms with Crippen molar-refractivity contribution >= 4 is 17.5 Å². The van der Waals surface area contributed by atoms with Crippen molar-refractivity contribution in [3.63, 3.8) is 0 Å². The summed E-state index contributed by atoms with van der Waals surface area (Å²) in [7, 11) is 0. The summed E-state index contributed by atoms with van der Waals surface area (Å²) < 4.78 is 0. The minimum Gasteiger partial charge on any atom is -0.478 e. The number of aromatic carboxylic acids is 1. The molecule has 5 heteroatoms. The molecule has 0 saturated heterocycles. The molecular formula is C14H15N3O2. The average Bonchev–Trinajstić information content (AvgIpc) is 2.41. The highest BCUT2D eigenvalue weighted by molar-refractivity contribution is 5.94. The van der Waals surface area contributed by atoms with Crippen LogP contribution in [0.3, 0.4) is 0 Å². The zero-order valence-electron chi connectivity index (χ0n) is 10.3. The van der Waals surface area contributed by atoms with Gasteiger partial charge in [-0.25, -0.2) is 9.78 Å². The van der Waals surface area contributed by atoms with Gasteiger partial charge in [-0.3, -0.25) is 0 Å². The van der Waals surface area contributed by atoms with E-state index in [4.69, 9.17) is 10.8 Å². The molecular weight excluding hydrogens is 242 g/mol. The topological polar surface area (TPSA) is 88.2 Å². The van der Waals surface area contributed by atoms with Gasteiger partial charge in [-0.2, -0.15) is 0 Å². The molecule has 0 saturated carbocycles. The predicted octanol–water partition coefficient (Wildman–Crippen LogP) is 2.02. The molecule has 0 aliphatic heterocycles. The van der Waals surface area contributed by atoms with Crippen LogP contribution in [0.15, 0.2) is 42.6 Å². The number of nitrogens with zero attached hydrogens (tertiary/aromatic N) is 1. The summed E-state index contributed by atoms with van der Waals surface area (Å²) in [6, 6.07) is 11.4. The molecule has 0 amide bonds. The molecule has 19 heavy (non-hydrogen) atoms. The second-order valence-corrected chi connectivity index (χ2v) is 4.13. The number of carboxylic acids is 1. The van der Waals surface area contributed by atoms with Gasteiger partial charge < -0.3 is 16.2 Å². The zero-order chi connectivity index (χ0) is 13.7. The van der Waals surface area contributed by atoms with Gasteiger partial charge in [0, 0.05) is 6.54 Å². The second kappa shape index (κ2) is 5.86. The molecule has 0 spiro atoms. The third-order valence-electron chi connectivity index (χ3n) is 2.69. The lowest BCUT2D eigenvalue weighted by Gasteiger charge is -2.09. The Labute approximate surface area is 111 Å². The predicted molar refractivity (Wildman–Crippen MR) is 74.2 cm³/mol. The van der Waals surface area contributed by atoms with Crippen LogP contribution >= 0.6 is 0 Å². The fraction of sp³-hybridized carbons (Fsp3) is 0.143. The van der Waals surface area contributed by atoms with Gasteiger partial charge in [-0.1, -0.05) is 30.3 Å². The number of pyridine rings is 1. The van der Waals surface area contributed by atoms with Crippen molar-refractivity contribution in [2.24, 2.45) is 0 Å². The van der Waals surface area contributed by atoms with E-state index >= 15 is 0 Å². The number of nitrogens with one attached hydrogen (secondary N) is 1. The first kappa shape index (κ1) is 12.9. The number of anilines is 2. The number of rotatable bonds is 5. The first-order chi connectivity index (χ1) is 9.16. The number of hydrogen-bond donors (Lipinski definition) is 3. The van der Waals surface area contributed by atoms with Gasteiger partial charge in [0.25, 0.3) is 0 Å². The number of nitrogens with two attached hydrogens (primary N) is 1. The van der Waals surface area contributed by atoms with E-state index in [1.54, 1.807) is 0 Å². The Morgan fingerprint density at radius 1 is 1.32 bits per heavy atom. The molecule has 0 atom stereocenters. The Hall–Kier alpha value is -2.56. The molecule has 5 nitrogen and oxygen atoms in total. The van der Waals surface area contributed by atoms with E-state index in [9.17, 15) is 4.79 Å². The number of carbonyl (C=O) groups is 1. The maximum atomic E-state index is 11.1. The SMILES string of the molecule is Nc1cnc(NCCc2ccccc2)c(C(=O)O)c1. The quantitative estimate of drug-likeness (QED) is 0.762. The van der Waals surface area contributed by atoms with E-state index in [1.807, 2.05) is 30.3 Å². The summed E-state index contributed by atoms with van der Waals surface area (Å²) in [5.74, 6) is -0.695. The van der Waals surface area contributed by atoms with E-state index in [1.165, 1.54) is 17.8 Å². The van der Waals surface area contributed by atoms with Crippen LogP contribution in [0, 0.1) is 0 Å². The lowest BCUT2D eigenvalue weighted by molar-refractivity contribution is 0.0697. The maximum absolute atomic E-state index is 11.1. The van der Waals surface area contributed by atoms with E-state index in [0.717, 1.165) is 6.42 Å². The van der Waals surface area contributed by atoms with Gasteiger partial charge in [-0.15, -0.1) is 0 Å². The van der Waals surface area contributed by atoms with Crippen molar-refractivity contribution < 1.29 is 9.90 Å². The molecule has 1 heterocycles. The van der Waals surface area contributed by atoms with Crippen LogP contribution in [0.5, 0.6) is 0 Å². The minimum absolute atomic E-state index is 0.0908. The molecule has 0 bridgehead atoms. The summed E-state index contributed by atoms with van der Waals surface area (Å²) in [5.41, 5.74) is 7.14. The van der Waals surface area contributed by atoms with E-state index < -0.39 is 5.97 Å². The van der Waals surface area contributed by atoms with E-state index in [-0.39, 0.29) is 5.56 Å². The van der Waals surface area contributed by atoms with E-state index in [2.05, 4.69) is 10.3 Å². The van der Waals surface area contributed by atoms with Crippen LogP contribution < -0.4 is 11.1 Å². The molecule has 98 valence electrons. The molecule has 0 aliphatic rings. The number of aromatic nitrogens is 1. The van der Waals surface area contributed by atoms with Crippen LogP contribution in [0.25, 0.3) is 0 Å². The van der Waals surface area contributed by atoms with Gasteiger partial charge in [0.1, 0.15) is 11.4 Å². The average molecular weight is 257 g/mol. The number of hydrogen-bond acceptors (Lipinski definition) is 4. The standard InChI is InChI=1S/C14H15N3O2/c15-11-8-12(14(18)19)13(17-9-11)16-7-6-10-4-2-1-3-5-10/h1-5,8-9H,6-7,15H2,(H,16,17)(H,18,19). The highest BCUT2D eigenvalue weighted by atomic mass is 16.4. The number of benzene rings is 1. The highest BCUT2D eigenvalue weighted by Gasteiger charge is 2.11. The fourth-order valence-electron chi connectivity index (χ4n) is 1.75. The van der Waals surface area contributed by atoms with Gasteiger partial charge in [0.05, 0.1) is 11.9 Å². The Balaban J connectivity index is 2.02. The van der Waals surface area contributed by atoms with Crippen LogP contribution in [0.2, 0.25) is 0 Å². The Morgan fingerprint density at radius 3 is 2.74 bits per heavy atom. The van der Waals surface area contributed by atoms with Crippen molar-refractivity contribution in [2.45, 2.75) is 6.42 Å². The molecule has 0 unspecified atom stereocenters. The largest absolute Gasteiger partial charge is 0.478 e. The van der Waals surface area contributed by atoms with Crippen molar-refractivity contribution in [1.29, 1.82) is 0 Å². The molecule has 0 fully saturated rings.